The van der Waals surface area contributed by atoms with Crippen molar-refractivity contribution in [3.63, 3.8) is 0 Å². The van der Waals surface area contributed by atoms with Gasteiger partial charge in [-0.3, -0.25) is 4.79 Å². The van der Waals surface area contributed by atoms with Crippen LogP contribution in [0.3, 0.4) is 0 Å². The van der Waals surface area contributed by atoms with E-state index < -0.39 is 0 Å². The monoisotopic (exact) mass is 251 g/mol. The highest BCUT2D eigenvalue weighted by Gasteiger charge is 2.30. The zero-order chi connectivity index (χ0) is 13.1. The molecule has 0 bridgehead atoms. The number of hydrogen-bond donors (Lipinski definition) is 3. The van der Waals surface area contributed by atoms with Gasteiger partial charge in [-0.05, 0) is 38.0 Å². The minimum Gasteiger partial charge on any atom is -0.353 e. The molecule has 1 saturated heterocycles. The van der Waals surface area contributed by atoms with Crippen LogP contribution in [0.4, 0.5) is 4.39 Å². The average Bonchev–Trinajstić information content (AvgIpc) is 2.78. The van der Waals surface area contributed by atoms with Gasteiger partial charge < -0.3 is 5.32 Å². The van der Waals surface area contributed by atoms with Crippen LogP contribution < -0.4 is 16.2 Å². The van der Waals surface area contributed by atoms with Gasteiger partial charge in [0, 0.05) is 12.1 Å². The summed E-state index contributed by atoms with van der Waals surface area (Å²) < 4.78 is 12.8. The second kappa shape index (κ2) is 5.46. The molecule has 2 atom stereocenters. The minimum absolute atomic E-state index is 0.0119. The molecule has 4 nitrogen and oxygen atoms in total. The highest BCUT2D eigenvalue weighted by Crippen LogP contribution is 2.22. The number of benzene rings is 1. The molecule has 98 valence electrons. The molecule has 0 spiro atoms. The molecule has 1 heterocycles. The fraction of sp³-hybridized carbons (Fsp3) is 0.462. The molecular weight excluding hydrogens is 233 g/mol. The third-order valence-electron chi connectivity index (χ3n) is 2.92. The Bertz CT molecular complexity index is 419. The van der Waals surface area contributed by atoms with Crippen LogP contribution in [-0.4, -0.2) is 18.0 Å². The first-order valence-corrected chi connectivity index (χ1v) is 6.13. The Hall–Kier alpha value is -1.46. The maximum absolute atomic E-state index is 12.8. The first-order valence-electron chi connectivity index (χ1n) is 6.13. The van der Waals surface area contributed by atoms with Crippen LogP contribution >= 0.6 is 0 Å². The molecule has 1 fully saturated rings. The lowest BCUT2D eigenvalue weighted by Crippen LogP contribution is -2.45. The van der Waals surface area contributed by atoms with Gasteiger partial charge in [-0.15, -0.1) is 0 Å². The number of halogens is 1. The van der Waals surface area contributed by atoms with Crippen molar-refractivity contribution in [1.29, 1.82) is 0 Å². The van der Waals surface area contributed by atoms with Crippen molar-refractivity contribution in [3.05, 3.63) is 35.6 Å². The van der Waals surface area contributed by atoms with Gasteiger partial charge in [0.05, 0.1) is 0 Å². The number of amides is 1. The molecule has 1 aromatic rings. The van der Waals surface area contributed by atoms with Crippen molar-refractivity contribution in [2.24, 2.45) is 0 Å². The molecule has 1 amide bonds. The Morgan fingerprint density at radius 3 is 2.61 bits per heavy atom. The quantitative estimate of drug-likeness (QED) is 0.758. The molecule has 0 radical (unpaired) electrons. The van der Waals surface area contributed by atoms with E-state index in [4.69, 9.17) is 0 Å². The van der Waals surface area contributed by atoms with Crippen LogP contribution in [0.25, 0.3) is 0 Å². The normalized spacial score (nSPS) is 23.3. The number of nitrogens with one attached hydrogen (secondary N) is 3. The van der Waals surface area contributed by atoms with Gasteiger partial charge in [-0.2, -0.15) is 0 Å². The fourth-order valence-corrected chi connectivity index (χ4v) is 2.03. The van der Waals surface area contributed by atoms with Gasteiger partial charge in [-0.25, -0.2) is 15.2 Å². The number of hydrazine groups is 1. The summed E-state index contributed by atoms with van der Waals surface area (Å²) in [5.74, 6) is -0.263. The fourth-order valence-electron chi connectivity index (χ4n) is 2.03. The molecule has 2 unspecified atom stereocenters. The number of hydrogen-bond acceptors (Lipinski definition) is 3. The number of rotatable bonds is 3. The molecule has 0 aromatic heterocycles. The SMILES string of the molecule is CC(C)NC(=O)C1CC(c2ccc(F)cc2)NN1. The summed E-state index contributed by atoms with van der Waals surface area (Å²) in [5.41, 5.74) is 7.01. The largest absolute Gasteiger partial charge is 0.353 e. The van der Waals surface area contributed by atoms with Crippen molar-refractivity contribution in [3.8, 4) is 0 Å². The topological polar surface area (TPSA) is 53.2 Å². The van der Waals surface area contributed by atoms with E-state index in [1.807, 2.05) is 13.8 Å². The third-order valence-corrected chi connectivity index (χ3v) is 2.92. The molecular formula is C13H18FN3O. The summed E-state index contributed by atoms with van der Waals surface area (Å²) in [5, 5.41) is 2.86. The number of carbonyl (C=O) groups is 1. The molecule has 0 aliphatic carbocycles. The van der Waals surface area contributed by atoms with Crippen molar-refractivity contribution in [2.45, 2.75) is 38.4 Å². The predicted octanol–water partition coefficient (Wildman–Crippen LogP) is 1.26. The van der Waals surface area contributed by atoms with Crippen LogP contribution in [0.15, 0.2) is 24.3 Å². The van der Waals surface area contributed by atoms with Crippen molar-refractivity contribution in [2.75, 3.05) is 0 Å². The van der Waals surface area contributed by atoms with Gasteiger partial charge in [0.2, 0.25) is 5.91 Å². The Morgan fingerprint density at radius 2 is 2.00 bits per heavy atom. The third kappa shape index (κ3) is 3.05. The van der Waals surface area contributed by atoms with Crippen LogP contribution in [0.5, 0.6) is 0 Å². The molecule has 3 N–H and O–H groups in total. The second-order valence-electron chi connectivity index (χ2n) is 4.84. The Kier molecular flexibility index (Phi) is 3.93. The molecule has 2 rings (SSSR count). The van der Waals surface area contributed by atoms with Crippen LogP contribution in [0.2, 0.25) is 0 Å². The van der Waals surface area contributed by atoms with Crippen LogP contribution in [-0.2, 0) is 4.79 Å². The Morgan fingerprint density at radius 1 is 1.33 bits per heavy atom. The van der Waals surface area contributed by atoms with E-state index >= 15 is 0 Å². The van der Waals surface area contributed by atoms with Crippen LogP contribution in [0, 0.1) is 5.82 Å². The maximum Gasteiger partial charge on any atom is 0.238 e. The smallest absolute Gasteiger partial charge is 0.238 e. The zero-order valence-corrected chi connectivity index (χ0v) is 10.5. The first kappa shape index (κ1) is 13.0. The summed E-state index contributed by atoms with van der Waals surface area (Å²) in [4.78, 5) is 11.8. The maximum atomic E-state index is 12.8. The summed E-state index contributed by atoms with van der Waals surface area (Å²) in [6.45, 7) is 3.86. The highest BCUT2D eigenvalue weighted by molar-refractivity contribution is 5.82. The van der Waals surface area contributed by atoms with E-state index in [0.717, 1.165) is 5.56 Å². The average molecular weight is 251 g/mol. The zero-order valence-electron chi connectivity index (χ0n) is 10.5. The van der Waals surface area contributed by atoms with Crippen LogP contribution in [0.1, 0.15) is 31.9 Å². The van der Waals surface area contributed by atoms with Gasteiger partial charge in [0.15, 0.2) is 0 Å². The summed E-state index contributed by atoms with van der Waals surface area (Å²) in [6.07, 6.45) is 0.657. The standard InChI is InChI=1S/C13H18FN3O/c1-8(2)15-13(18)12-7-11(16-17-12)9-3-5-10(14)6-4-9/h3-6,8,11-12,16-17H,7H2,1-2H3,(H,15,18). The number of carbonyl (C=O) groups excluding carboxylic acids is 1. The molecule has 1 aliphatic heterocycles. The molecule has 0 saturated carbocycles. The van der Waals surface area contributed by atoms with E-state index in [0.29, 0.717) is 6.42 Å². The lowest BCUT2D eigenvalue weighted by atomic mass is 10.0. The summed E-state index contributed by atoms with van der Waals surface area (Å²) >= 11 is 0. The van der Waals surface area contributed by atoms with E-state index in [9.17, 15) is 9.18 Å². The lowest BCUT2D eigenvalue weighted by Gasteiger charge is -2.13. The predicted molar refractivity (Wildman–Crippen MR) is 67.1 cm³/mol. The Balaban J connectivity index is 1.96. The molecule has 5 heteroatoms. The first-order chi connectivity index (χ1) is 8.56. The molecule has 1 aromatic carbocycles. The van der Waals surface area contributed by atoms with E-state index in [2.05, 4.69) is 16.2 Å². The molecule has 1 aliphatic rings. The van der Waals surface area contributed by atoms with E-state index in [1.54, 1.807) is 12.1 Å². The van der Waals surface area contributed by atoms with Gasteiger partial charge in [0.25, 0.3) is 0 Å². The minimum atomic E-state index is -0.251. The van der Waals surface area contributed by atoms with Gasteiger partial charge in [0.1, 0.15) is 11.9 Å². The second-order valence-corrected chi connectivity index (χ2v) is 4.84. The molecule has 18 heavy (non-hydrogen) atoms. The van der Waals surface area contributed by atoms with Gasteiger partial charge >= 0.3 is 0 Å². The lowest BCUT2D eigenvalue weighted by molar-refractivity contribution is -0.123. The van der Waals surface area contributed by atoms with Gasteiger partial charge in [-0.1, -0.05) is 12.1 Å². The van der Waals surface area contributed by atoms with Crippen molar-refractivity contribution >= 4 is 5.91 Å². The summed E-state index contributed by atoms with van der Waals surface area (Å²) in [6, 6.07) is 6.24. The summed E-state index contributed by atoms with van der Waals surface area (Å²) in [7, 11) is 0. The van der Waals surface area contributed by atoms with Crippen molar-refractivity contribution in [1.82, 2.24) is 16.2 Å². The van der Waals surface area contributed by atoms with E-state index in [-0.39, 0.29) is 29.8 Å². The van der Waals surface area contributed by atoms with E-state index in [1.165, 1.54) is 12.1 Å². The van der Waals surface area contributed by atoms with Crippen molar-refractivity contribution < 1.29 is 9.18 Å². The Labute approximate surface area is 106 Å². The highest BCUT2D eigenvalue weighted by atomic mass is 19.1.